The number of hydrogen-bond donors (Lipinski definition) is 26. The molecule has 612 valence electrons. The van der Waals surface area contributed by atoms with Crippen LogP contribution in [0.15, 0.2) is 45.4 Å². The second-order valence-electron chi connectivity index (χ2n) is 26.3. The lowest BCUT2D eigenvalue weighted by Gasteiger charge is -2.29. The van der Waals surface area contributed by atoms with Crippen LogP contribution in [0, 0.1) is 11.8 Å². The predicted molar refractivity (Wildman–Crippen MR) is 394 cm³/mol. The van der Waals surface area contributed by atoms with Gasteiger partial charge in [0.25, 0.3) is 0 Å². The smallest absolute Gasteiger partial charge is 0.322 e. The molecule has 1 aromatic heterocycles. The van der Waals surface area contributed by atoms with Gasteiger partial charge >= 0.3 is 17.9 Å². The lowest BCUT2D eigenvalue weighted by atomic mass is 9.99. The van der Waals surface area contributed by atoms with E-state index in [9.17, 15) is 102 Å². The summed E-state index contributed by atoms with van der Waals surface area (Å²) in [6.07, 6.45) is -3.82. The standard InChI is InChI=1S/C65H106N24O21/c1-29(2)21-40(86-61(109)49(30(3)4)88-56(104)38(16-11-19-74-64(69)70)81-52(100)32(6)79-60(108)44(28-90)87-51(99)31(5)66)58(106)85-42(23-46(93)94)54(102)77-26-45(92)80-43(24-47(95)96)59(107)82-39(17-12-20-75-65(71)72)57(105)89-50(33(7)91)62(110)83-37(15-10-18-73-63(67)68)55(103)84-41(53(101)78-27-48(97)98)22-34-25-76-36-14-9-8-13-35(34)36/h8-9,13-14,25,29-33,37-44,49-50,76,90-91H,10-12,15-24,26-28,66H2,1-7H3,(H,77,102)(H,78,101)(H,79,108)(H,80,92)(H,81,100)(H,82,107)(H,83,110)(H,84,103)(H,85,106)(H,86,109)(H,87,99)(H,88,104)(H,89,105)(H,93,94)(H,95,96)(H,97,98)(H4,67,68,73)(H4,69,70,74)(H4,71,72,75)/t31-,32-,33+,37-,38-,39-,40-,41-,42-,43-,44-,49-,50-/m0/s1. The first kappa shape index (κ1) is 94.1. The molecule has 110 heavy (non-hydrogen) atoms. The molecule has 0 bridgehead atoms. The van der Waals surface area contributed by atoms with Gasteiger partial charge in [-0.2, -0.15) is 0 Å². The molecule has 0 spiro atoms. The fourth-order valence-electron chi connectivity index (χ4n) is 10.3. The van der Waals surface area contributed by atoms with Crippen molar-refractivity contribution in [1.29, 1.82) is 0 Å². The number of nitrogens with one attached hydrogen (secondary N) is 14. The summed E-state index contributed by atoms with van der Waals surface area (Å²) in [7, 11) is 0. The summed E-state index contributed by atoms with van der Waals surface area (Å²) < 4.78 is 0. The lowest BCUT2D eigenvalue weighted by molar-refractivity contribution is -0.141. The van der Waals surface area contributed by atoms with Crippen LogP contribution in [0.3, 0.4) is 0 Å². The molecule has 2 aromatic rings. The minimum atomic E-state index is -2.09. The fraction of sp³-hybridized carbons (Fsp3) is 0.585. The Morgan fingerprint density at radius 1 is 0.436 bits per heavy atom. The minimum Gasteiger partial charge on any atom is -0.481 e. The Bertz CT molecular complexity index is 3630. The summed E-state index contributed by atoms with van der Waals surface area (Å²) in [4.78, 5) is 229. The van der Waals surface area contributed by atoms with Crippen LogP contribution in [-0.4, -0.2) is 261 Å². The van der Waals surface area contributed by atoms with Crippen LogP contribution in [0.2, 0.25) is 0 Å². The number of aromatic nitrogens is 1. The number of carbonyl (C=O) groups is 16. The molecule has 45 nitrogen and oxygen atoms in total. The summed E-state index contributed by atoms with van der Waals surface area (Å²) in [6, 6.07) is -12.4. The third kappa shape index (κ3) is 35.1. The third-order valence-electron chi connectivity index (χ3n) is 16.0. The number of nitrogens with zero attached hydrogens (tertiary/aromatic N) is 3. The van der Waals surface area contributed by atoms with Gasteiger partial charge in [-0.25, -0.2) is 0 Å². The van der Waals surface area contributed by atoms with E-state index in [2.05, 4.69) is 89.1 Å². The molecule has 0 saturated carbocycles. The first-order valence-electron chi connectivity index (χ1n) is 34.8. The molecule has 0 aliphatic rings. The minimum absolute atomic E-state index is 0.00470. The number of aromatic amines is 1. The Labute approximate surface area is 631 Å². The normalized spacial score (nSPS) is 14.5. The summed E-state index contributed by atoms with van der Waals surface area (Å²) in [5.74, 6) is -21.1. The first-order chi connectivity index (χ1) is 51.5. The van der Waals surface area contributed by atoms with E-state index >= 15 is 0 Å². The molecule has 0 unspecified atom stereocenters. The lowest BCUT2D eigenvalue weighted by Crippen LogP contribution is -2.61. The zero-order valence-corrected chi connectivity index (χ0v) is 62.0. The number of aliphatic imine (C=N–C) groups is 3. The number of hydrogen-bond acceptors (Lipinski definition) is 22. The first-order valence-corrected chi connectivity index (χ1v) is 34.8. The highest BCUT2D eigenvalue weighted by Crippen LogP contribution is 2.20. The van der Waals surface area contributed by atoms with Crippen molar-refractivity contribution < 1.29 is 102 Å². The number of rotatable bonds is 50. The number of aliphatic hydroxyl groups excluding tert-OH is 2. The quantitative estimate of drug-likeness (QED) is 0.0166. The van der Waals surface area contributed by atoms with E-state index in [1.807, 2.05) is 0 Å². The highest BCUT2D eigenvalue weighted by molar-refractivity contribution is 6.01. The number of carboxylic acids is 3. The number of fused-ring (bicyclic) bond motifs is 1. The van der Waals surface area contributed by atoms with Crippen molar-refractivity contribution in [3.63, 3.8) is 0 Å². The molecule has 0 aliphatic carbocycles. The molecular weight excluding hydrogens is 1450 g/mol. The number of carbonyl (C=O) groups excluding carboxylic acids is 13. The van der Waals surface area contributed by atoms with E-state index < -0.39 is 224 Å². The summed E-state index contributed by atoms with van der Waals surface area (Å²) in [5.41, 5.74) is 39.6. The number of guanidine groups is 3. The SMILES string of the molecule is CC(C)C[C@H](NC(=O)[C@@H](NC(=O)[C@H](CCCN=C(N)N)NC(=O)[C@H](C)NC(=O)[C@H](CO)NC(=O)[C@H](C)N)C(C)C)C(=O)N[C@@H](CC(=O)O)C(=O)NCC(=O)N[C@@H](CC(=O)O)C(=O)N[C@@H](CCCN=C(N)N)C(=O)N[C@H](C(=O)N[C@@H](CCCN=C(N)N)C(=O)N[C@@H](Cc1c[nH]c2ccccc12)C(=O)NCC(=O)O)[C@@H](C)O. The maximum absolute atomic E-state index is 14.3. The van der Waals surface area contributed by atoms with E-state index in [0.29, 0.717) is 16.5 Å². The number of aliphatic carboxylic acids is 3. The van der Waals surface area contributed by atoms with Crippen molar-refractivity contribution in [2.75, 3.05) is 39.3 Å². The van der Waals surface area contributed by atoms with Gasteiger partial charge in [0.15, 0.2) is 17.9 Å². The summed E-state index contributed by atoms with van der Waals surface area (Å²) in [6.45, 7) is 6.78. The van der Waals surface area contributed by atoms with Crippen LogP contribution in [0.25, 0.3) is 10.9 Å². The maximum Gasteiger partial charge on any atom is 0.322 e. The predicted octanol–water partition coefficient (Wildman–Crippen LogP) is -10.1. The van der Waals surface area contributed by atoms with Gasteiger partial charge in [-0.3, -0.25) is 91.7 Å². The molecule has 45 heteroatoms. The van der Waals surface area contributed by atoms with E-state index in [1.54, 1.807) is 44.3 Å². The number of para-hydroxylation sites is 1. The number of aliphatic hydroxyl groups is 2. The van der Waals surface area contributed by atoms with Crippen molar-refractivity contribution in [3.8, 4) is 0 Å². The monoisotopic (exact) mass is 1560 g/mol. The molecule has 33 N–H and O–H groups in total. The third-order valence-corrected chi connectivity index (χ3v) is 16.0. The molecular formula is C65H106N24O21. The second-order valence-corrected chi connectivity index (χ2v) is 26.3. The van der Waals surface area contributed by atoms with Crippen molar-refractivity contribution >= 4 is 123 Å². The Kier molecular flexibility index (Phi) is 40.7. The van der Waals surface area contributed by atoms with Gasteiger partial charge in [-0.05, 0) is 89.2 Å². The highest BCUT2D eigenvalue weighted by atomic mass is 16.4. The highest BCUT2D eigenvalue weighted by Gasteiger charge is 2.38. The van der Waals surface area contributed by atoms with E-state index in [4.69, 9.17) is 40.1 Å². The summed E-state index contributed by atoms with van der Waals surface area (Å²) in [5, 5.41) is 80.7. The zero-order valence-electron chi connectivity index (χ0n) is 62.0. The molecule has 0 radical (unpaired) electrons. The molecule has 0 fully saturated rings. The van der Waals surface area contributed by atoms with Crippen LogP contribution < -0.4 is 109 Å². The molecule has 13 amide bonds. The second kappa shape index (κ2) is 47.6. The van der Waals surface area contributed by atoms with Gasteiger partial charge < -0.3 is 140 Å². The zero-order chi connectivity index (χ0) is 83.2. The largest absolute Gasteiger partial charge is 0.481 e. The van der Waals surface area contributed by atoms with Gasteiger partial charge in [-0.15, -0.1) is 0 Å². The van der Waals surface area contributed by atoms with Crippen LogP contribution in [-0.2, 0) is 83.1 Å². The van der Waals surface area contributed by atoms with Crippen molar-refractivity contribution in [2.45, 2.75) is 191 Å². The number of amides is 13. The molecule has 0 saturated heterocycles. The fourth-order valence-corrected chi connectivity index (χ4v) is 10.3. The molecule has 1 aromatic carbocycles. The number of carboxylic acid groups (broad SMARTS) is 3. The maximum atomic E-state index is 14.3. The van der Waals surface area contributed by atoms with Gasteiger partial charge in [0.2, 0.25) is 76.8 Å². The van der Waals surface area contributed by atoms with E-state index in [-0.39, 0.29) is 82.5 Å². The summed E-state index contributed by atoms with van der Waals surface area (Å²) >= 11 is 0. The number of nitrogens with two attached hydrogens (primary N) is 7. The van der Waals surface area contributed by atoms with Crippen LogP contribution >= 0.6 is 0 Å². The number of benzene rings is 1. The van der Waals surface area contributed by atoms with Crippen LogP contribution in [0.5, 0.6) is 0 Å². The molecule has 2 rings (SSSR count). The van der Waals surface area contributed by atoms with Crippen molar-refractivity contribution in [1.82, 2.24) is 74.1 Å². The van der Waals surface area contributed by atoms with Gasteiger partial charge in [0.05, 0.1) is 38.1 Å². The van der Waals surface area contributed by atoms with Gasteiger partial charge in [0, 0.05) is 43.2 Å². The van der Waals surface area contributed by atoms with Gasteiger partial charge in [-0.1, -0.05) is 45.9 Å². The van der Waals surface area contributed by atoms with Crippen molar-refractivity contribution in [3.05, 3.63) is 36.0 Å². The topological polar surface area (TPSA) is 766 Å². The van der Waals surface area contributed by atoms with Crippen molar-refractivity contribution in [2.24, 2.45) is 66.9 Å². The number of H-pyrrole nitrogens is 1. The van der Waals surface area contributed by atoms with Gasteiger partial charge in [0.1, 0.15) is 73.0 Å². The molecule has 13 atom stereocenters. The average Bonchev–Trinajstić information content (AvgIpc) is 1.61. The Morgan fingerprint density at radius 3 is 1.31 bits per heavy atom. The Morgan fingerprint density at radius 2 is 0.836 bits per heavy atom. The Hall–Kier alpha value is -12.0. The van der Waals surface area contributed by atoms with Crippen LogP contribution in [0.4, 0.5) is 0 Å². The Balaban J connectivity index is 2.42. The van der Waals surface area contributed by atoms with Crippen LogP contribution in [0.1, 0.15) is 112 Å². The molecule has 1 heterocycles. The van der Waals surface area contributed by atoms with E-state index in [0.717, 1.165) is 6.92 Å². The average molecular weight is 1560 g/mol. The van der Waals surface area contributed by atoms with E-state index in [1.165, 1.54) is 27.7 Å². The molecule has 0 aliphatic heterocycles.